The van der Waals surface area contributed by atoms with E-state index in [1.165, 1.54) is 28.9 Å². The van der Waals surface area contributed by atoms with Gasteiger partial charge in [0.1, 0.15) is 11.3 Å². The molecule has 2 fully saturated rings. The van der Waals surface area contributed by atoms with Crippen molar-refractivity contribution in [1.82, 2.24) is 29.1 Å². The Hall–Kier alpha value is -9.40. The molecule has 0 bridgehead atoms. The Morgan fingerprint density at radius 2 is 1.15 bits per heavy atom. The number of ether oxygens (including phenoxy) is 2. The molecule has 20 heteroatoms. The molecule has 6 heterocycles. The Morgan fingerprint density at radius 1 is 0.628 bits per heavy atom. The molecule has 10 rings (SSSR count). The summed E-state index contributed by atoms with van der Waals surface area (Å²) in [4.78, 5) is 88.5. The van der Waals surface area contributed by atoms with Gasteiger partial charge in [-0.05, 0) is 136 Å². The van der Waals surface area contributed by atoms with Gasteiger partial charge in [0.05, 0.1) is 40.5 Å². The number of hydrogen-bond acceptors (Lipinski definition) is 13. The van der Waals surface area contributed by atoms with Crippen LogP contribution in [0.1, 0.15) is 78.9 Å². The van der Waals surface area contributed by atoms with E-state index in [-0.39, 0.29) is 60.4 Å². The average molecular weight is 1180 g/mol. The lowest BCUT2D eigenvalue weighted by Gasteiger charge is -2.36. The molecular formula is C66H70N10O9S. The van der Waals surface area contributed by atoms with Crippen LogP contribution in [0.15, 0.2) is 129 Å². The Morgan fingerprint density at radius 3 is 1.70 bits per heavy atom. The fraction of sp³-hybridized carbons (Fsp3) is 0.288. The molecule has 0 saturated carbocycles. The van der Waals surface area contributed by atoms with Crippen LogP contribution < -0.4 is 20.4 Å². The monoisotopic (exact) mass is 1180 g/mol. The first-order valence-electron chi connectivity index (χ1n) is 28.8. The standard InChI is InChI=1S/C66H70N10O9S/c1-10-57(78)69-54-35-44(17-16-41(54)8)59-52-33-49(65(80)84-39(4)5)38-68-64(52)72-62(59)47-20-21-56(75-26-28-76(29-27-75)86(82,83)12-3)48(31-47)30-43-18-19-45(36-55(43)70-58(79)11-2)60-53-34-50(66(81)85-40(6)7)37-67-63(53)71-61(60)46-14-13-15-51(32-46)74-24-22-73(23-25-74)42(9)77/h10-11,13-21,31-40H,1-2,12,22-30H2,3-9H3,(H,67,71)(H,68,72)(H,69,78)(H,70,79). The smallest absolute Gasteiger partial charge is 0.339 e. The molecule has 8 aromatic rings. The van der Waals surface area contributed by atoms with Crippen LogP contribution in [0.25, 0.3) is 66.8 Å². The lowest BCUT2D eigenvalue weighted by molar-refractivity contribution is -0.129. The third-order valence-electron chi connectivity index (χ3n) is 15.6. The van der Waals surface area contributed by atoms with E-state index in [2.05, 4.69) is 55.7 Å². The third-order valence-corrected chi connectivity index (χ3v) is 17.5. The summed E-state index contributed by atoms with van der Waals surface area (Å²) in [6.45, 7) is 23.6. The van der Waals surface area contributed by atoms with E-state index >= 15 is 0 Å². The topological polar surface area (TPSA) is 232 Å². The fourth-order valence-electron chi connectivity index (χ4n) is 11.2. The summed E-state index contributed by atoms with van der Waals surface area (Å²) in [5.41, 5.74) is 12.6. The predicted molar refractivity (Wildman–Crippen MR) is 338 cm³/mol. The lowest BCUT2D eigenvalue weighted by Crippen LogP contribution is -2.49. The molecule has 0 atom stereocenters. The summed E-state index contributed by atoms with van der Waals surface area (Å²) in [5.74, 6) is -1.85. The normalized spacial score (nSPS) is 14.0. The van der Waals surface area contributed by atoms with Gasteiger partial charge in [-0.2, -0.15) is 4.31 Å². The van der Waals surface area contributed by atoms with Gasteiger partial charge in [-0.3, -0.25) is 14.4 Å². The van der Waals surface area contributed by atoms with Gasteiger partial charge in [0.15, 0.2) is 0 Å². The number of fused-ring (bicyclic) bond motifs is 2. The predicted octanol–water partition coefficient (Wildman–Crippen LogP) is 10.5. The molecule has 0 radical (unpaired) electrons. The minimum atomic E-state index is -3.45. The number of esters is 2. The molecule has 0 aliphatic carbocycles. The molecular weight excluding hydrogens is 1110 g/mol. The number of piperazine rings is 2. The van der Waals surface area contributed by atoms with E-state index in [9.17, 15) is 32.4 Å². The molecule has 4 N–H and O–H groups in total. The minimum Gasteiger partial charge on any atom is -0.459 e. The largest absolute Gasteiger partial charge is 0.459 e. The highest BCUT2D eigenvalue weighted by molar-refractivity contribution is 7.89. The molecule has 3 amide bonds. The maximum absolute atomic E-state index is 13.7. The number of H-pyrrole nitrogens is 2. The van der Waals surface area contributed by atoms with E-state index in [1.54, 1.807) is 53.7 Å². The number of benzene rings is 4. The van der Waals surface area contributed by atoms with Gasteiger partial charge >= 0.3 is 11.9 Å². The maximum atomic E-state index is 13.7. The molecule has 4 aromatic heterocycles. The van der Waals surface area contributed by atoms with Crippen molar-refractivity contribution < 1.29 is 41.9 Å². The van der Waals surface area contributed by atoms with Crippen LogP contribution in [0.4, 0.5) is 22.7 Å². The molecule has 2 aliphatic rings. The molecule has 4 aromatic carbocycles. The number of aromatic nitrogens is 4. The minimum absolute atomic E-state index is 0.0110. The quantitative estimate of drug-likeness (QED) is 0.0463. The van der Waals surface area contributed by atoms with Crippen LogP contribution in [0, 0.1) is 6.92 Å². The van der Waals surface area contributed by atoms with Crippen LogP contribution >= 0.6 is 0 Å². The SMILES string of the molecule is C=CC(=O)Nc1cc(-c2c(-c3ccc(N4CCN(S(=O)(=O)CC)CC4)c(Cc4ccc(-c5c(-c6cccc(N7CCN(C(C)=O)CC7)c6)[nH]c6ncc(C(=O)OC(C)C)cc56)cc4NC(=O)C=C)c3)[nH]c3ncc(C(=O)OC(C)C)cc23)ccc1C. The van der Waals surface area contributed by atoms with Gasteiger partial charge < -0.3 is 44.8 Å². The number of nitrogens with zero attached hydrogens (tertiary/aromatic N) is 6. The summed E-state index contributed by atoms with van der Waals surface area (Å²) >= 11 is 0. The summed E-state index contributed by atoms with van der Waals surface area (Å²) < 4.78 is 39.1. The van der Waals surface area contributed by atoms with E-state index in [0.29, 0.717) is 95.1 Å². The van der Waals surface area contributed by atoms with E-state index in [4.69, 9.17) is 19.4 Å². The molecule has 19 nitrogen and oxygen atoms in total. The zero-order valence-corrected chi connectivity index (χ0v) is 50.2. The van der Waals surface area contributed by atoms with E-state index in [1.807, 2.05) is 78.6 Å². The summed E-state index contributed by atoms with van der Waals surface area (Å²) in [5, 5.41) is 7.31. The molecule has 2 saturated heterocycles. The first-order valence-corrected chi connectivity index (χ1v) is 30.4. The van der Waals surface area contributed by atoms with E-state index < -0.39 is 27.9 Å². The van der Waals surface area contributed by atoms with Crippen molar-refractivity contribution in [3.63, 3.8) is 0 Å². The van der Waals surface area contributed by atoms with Crippen molar-refractivity contribution in [3.8, 4) is 44.8 Å². The van der Waals surface area contributed by atoms with Gasteiger partial charge in [-0.1, -0.05) is 55.6 Å². The Balaban J connectivity index is 1.14. The zero-order chi connectivity index (χ0) is 61.1. The van der Waals surface area contributed by atoms with Gasteiger partial charge in [-0.15, -0.1) is 0 Å². The number of hydrogen-bond donors (Lipinski definition) is 4. The average Bonchev–Trinajstić information content (AvgIpc) is 1.78. The number of amides is 3. The first kappa shape index (κ1) is 59.7. The van der Waals surface area contributed by atoms with Crippen LogP contribution in [0.5, 0.6) is 0 Å². The molecule has 2 aliphatic heterocycles. The fourth-order valence-corrected chi connectivity index (χ4v) is 12.3. The lowest BCUT2D eigenvalue weighted by atomic mass is 9.92. The molecule has 444 valence electrons. The Kier molecular flexibility index (Phi) is 17.4. The second-order valence-corrected chi connectivity index (χ2v) is 24.3. The van der Waals surface area contributed by atoms with Crippen LogP contribution in [0.3, 0.4) is 0 Å². The number of carbonyl (C=O) groups excluding carboxylic acids is 5. The van der Waals surface area contributed by atoms with Crippen molar-refractivity contribution in [2.75, 3.05) is 78.5 Å². The van der Waals surface area contributed by atoms with Gasteiger partial charge in [-0.25, -0.2) is 28.0 Å². The van der Waals surface area contributed by atoms with Crippen LogP contribution in [-0.2, 0) is 40.3 Å². The second kappa shape index (κ2) is 25.0. The highest BCUT2D eigenvalue weighted by Gasteiger charge is 2.29. The molecule has 0 spiro atoms. The summed E-state index contributed by atoms with van der Waals surface area (Å²) in [6.07, 6.45) is 4.90. The number of nitrogens with one attached hydrogen (secondary N) is 4. The number of anilines is 4. The molecule has 0 unspecified atom stereocenters. The second-order valence-electron chi connectivity index (χ2n) is 22.0. The van der Waals surface area contributed by atoms with Gasteiger partial charge in [0, 0.05) is 128 Å². The van der Waals surface area contributed by atoms with Crippen molar-refractivity contribution in [3.05, 3.63) is 157 Å². The number of aromatic amines is 2. The van der Waals surface area contributed by atoms with Gasteiger partial charge in [0.25, 0.3) is 0 Å². The van der Waals surface area contributed by atoms with Crippen molar-refractivity contribution in [1.29, 1.82) is 0 Å². The van der Waals surface area contributed by atoms with Crippen LogP contribution in [0.2, 0.25) is 0 Å². The highest BCUT2D eigenvalue weighted by atomic mass is 32.2. The first-order chi connectivity index (χ1) is 41.2. The van der Waals surface area contributed by atoms with Gasteiger partial charge in [0.2, 0.25) is 27.7 Å². The number of pyridine rings is 2. The maximum Gasteiger partial charge on any atom is 0.339 e. The highest BCUT2D eigenvalue weighted by Crippen LogP contribution is 2.44. The van der Waals surface area contributed by atoms with Crippen molar-refractivity contribution >= 4 is 84.5 Å². The number of carbonyl (C=O) groups is 5. The third kappa shape index (κ3) is 12.7. The van der Waals surface area contributed by atoms with Crippen LogP contribution in [-0.4, -0.2) is 138 Å². The Bertz CT molecular complexity index is 4110. The number of sulfonamides is 1. The summed E-state index contributed by atoms with van der Waals surface area (Å²) in [7, 11) is -3.45. The van der Waals surface area contributed by atoms with Crippen molar-refractivity contribution in [2.24, 2.45) is 0 Å². The Labute approximate surface area is 500 Å². The van der Waals surface area contributed by atoms with Crippen molar-refractivity contribution in [2.45, 2.75) is 67.1 Å². The molecule has 86 heavy (non-hydrogen) atoms. The zero-order valence-electron chi connectivity index (χ0n) is 49.4. The number of aryl methyl sites for hydroxylation is 1. The summed E-state index contributed by atoms with van der Waals surface area (Å²) in [6, 6.07) is 29.3. The number of rotatable bonds is 18. The van der Waals surface area contributed by atoms with E-state index in [0.717, 1.165) is 50.4 Å².